The van der Waals surface area contributed by atoms with Crippen molar-refractivity contribution in [3.05, 3.63) is 88.6 Å². The number of sulfonamides is 1. The summed E-state index contributed by atoms with van der Waals surface area (Å²) in [6.07, 6.45) is 0.287. The number of ether oxygens (including phenoxy) is 1. The lowest BCUT2D eigenvalue weighted by Gasteiger charge is -2.33. The maximum atomic E-state index is 13.9. The number of carbonyl (C=O) groups is 2. The summed E-state index contributed by atoms with van der Waals surface area (Å²) in [5, 5.41) is 2.57. The Kier molecular flexibility index (Phi) is 10.5. The molecule has 0 radical (unpaired) electrons. The van der Waals surface area contributed by atoms with Gasteiger partial charge in [-0.15, -0.1) is 0 Å². The molecule has 2 amide bonds. The molecule has 0 aliphatic carbocycles. The first-order valence-electron chi connectivity index (χ1n) is 12.4. The molecule has 0 spiro atoms. The van der Waals surface area contributed by atoms with Gasteiger partial charge in [-0.05, 0) is 79.6 Å². The second kappa shape index (κ2) is 13.6. The van der Waals surface area contributed by atoms with E-state index in [2.05, 4.69) is 21.2 Å². The summed E-state index contributed by atoms with van der Waals surface area (Å²) < 4.78 is 48.4. The van der Waals surface area contributed by atoms with Crippen LogP contribution in [-0.2, 0) is 26.2 Å². The summed E-state index contributed by atoms with van der Waals surface area (Å²) in [5.74, 6) is -0.866. The predicted molar refractivity (Wildman–Crippen MR) is 151 cm³/mol. The van der Waals surface area contributed by atoms with Gasteiger partial charge in [-0.25, -0.2) is 12.8 Å². The topological polar surface area (TPSA) is 96.0 Å². The predicted octanol–water partition coefficient (Wildman–Crippen LogP) is 4.74. The van der Waals surface area contributed by atoms with Gasteiger partial charge in [0.25, 0.3) is 10.0 Å². The highest BCUT2D eigenvalue weighted by Crippen LogP contribution is 2.27. The second-order valence-corrected chi connectivity index (χ2v) is 11.4. The molecule has 208 valence electrons. The minimum atomic E-state index is -4.19. The van der Waals surface area contributed by atoms with Crippen LogP contribution in [0.25, 0.3) is 0 Å². The van der Waals surface area contributed by atoms with E-state index in [1.54, 1.807) is 43.3 Å². The summed E-state index contributed by atoms with van der Waals surface area (Å²) in [4.78, 5) is 27.9. The number of hydrogen-bond acceptors (Lipinski definition) is 5. The largest absolute Gasteiger partial charge is 0.494 e. The van der Waals surface area contributed by atoms with E-state index in [0.29, 0.717) is 22.4 Å². The molecule has 1 atom stereocenters. The molecule has 1 N–H and O–H groups in total. The Balaban J connectivity index is 2.05. The van der Waals surface area contributed by atoms with Crippen LogP contribution in [0.4, 0.5) is 10.1 Å². The van der Waals surface area contributed by atoms with Gasteiger partial charge in [0.2, 0.25) is 11.8 Å². The number of likely N-dealkylation sites (N-methyl/N-ethyl adjacent to an activating group) is 1. The van der Waals surface area contributed by atoms with Crippen LogP contribution in [0.15, 0.2) is 82.2 Å². The van der Waals surface area contributed by atoms with Crippen LogP contribution in [0.5, 0.6) is 5.75 Å². The summed E-state index contributed by atoms with van der Waals surface area (Å²) in [6, 6.07) is 17.2. The summed E-state index contributed by atoms with van der Waals surface area (Å²) in [6.45, 7) is 3.45. The summed E-state index contributed by atoms with van der Waals surface area (Å²) in [7, 11) is -2.72. The van der Waals surface area contributed by atoms with Crippen LogP contribution in [-0.4, -0.2) is 51.4 Å². The van der Waals surface area contributed by atoms with E-state index in [0.717, 1.165) is 4.31 Å². The zero-order chi connectivity index (χ0) is 28.6. The number of nitrogens with one attached hydrogen (secondary N) is 1. The molecular formula is C28H31BrFN3O5S. The highest BCUT2D eigenvalue weighted by Gasteiger charge is 2.33. The van der Waals surface area contributed by atoms with Crippen LogP contribution in [0, 0.1) is 5.82 Å². The molecule has 3 rings (SSSR count). The van der Waals surface area contributed by atoms with Crippen molar-refractivity contribution in [1.29, 1.82) is 0 Å². The van der Waals surface area contributed by atoms with Gasteiger partial charge in [0.15, 0.2) is 0 Å². The van der Waals surface area contributed by atoms with Crippen LogP contribution in [0.3, 0.4) is 0 Å². The number of anilines is 1. The van der Waals surface area contributed by atoms with Gasteiger partial charge < -0.3 is 15.0 Å². The molecule has 0 fully saturated rings. The third kappa shape index (κ3) is 7.57. The van der Waals surface area contributed by atoms with Crippen molar-refractivity contribution >= 4 is 43.5 Å². The number of nitrogens with zero attached hydrogens (tertiary/aromatic N) is 2. The molecule has 11 heteroatoms. The Morgan fingerprint density at radius 1 is 0.974 bits per heavy atom. The first-order valence-corrected chi connectivity index (χ1v) is 14.6. The van der Waals surface area contributed by atoms with Gasteiger partial charge >= 0.3 is 0 Å². The van der Waals surface area contributed by atoms with E-state index in [1.807, 2.05) is 6.92 Å². The van der Waals surface area contributed by atoms with Crippen LogP contribution >= 0.6 is 15.9 Å². The van der Waals surface area contributed by atoms with Gasteiger partial charge in [-0.3, -0.25) is 13.9 Å². The van der Waals surface area contributed by atoms with Gasteiger partial charge in [0, 0.05) is 18.1 Å². The molecule has 0 aromatic heterocycles. The average Bonchev–Trinajstić information content (AvgIpc) is 2.93. The highest BCUT2D eigenvalue weighted by molar-refractivity contribution is 9.10. The standard InChI is InChI=1S/C28H31BrFN3O5S/c1-4-26(28(35)31-3)32(18-20-6-10-22(30)11-7-20)27(34)19-33(23-12-14-24(15-13-23)38-5-2)39(36,37)25-16-8-21(29)9-17-25/h6-17,26H,4-5,18-19H2,1-3H3,(H,31,35)/t26-/m0/s1. The number of carbonyl (C=O) groups excluding carboxylic acids is 2. The molecule has 39 heavy (non-hydrogen) atoms. The molecule has 8 nitrogen and oxygen atoms in total. The quantitative estimate of drug-likeness (QED) is 0.316. The van der Waals surface area contributed by atoms with Crippen LogP contribution in [0.2, 0.25) is 0 Å². The number of amides is 2. The van der Waals surface area contributed by atoms with E-state index in [1.165, 1.54) is 48.3 Å². The van der Waals surface area contributed by atoms with Crippen molar-refractivity contribution < 1.29 is 27.1 Å². The van der Waals surface area contributed by atoms with Gasteiger partial charge in [0.05, 0.1) is 17.2 Å². The van der Waals surface area contributed by atoms with Crippen LogP contribution in [0.1, 0.15) is 25.8 Å². The first-order chi connectivity index (χ1) is 18.6. The molecular weight excluding hydrogens is 589 g/mol. The molecule has 0 aliphatic rings. The lowest BCUT2D eigenvalue weighted by atomic mass is 10.1. The zero-order valence-electron chi connectivity index (χ0n) is 21.9. The fourth-order valence-electron chi connectivity index (χ4n) is 4.01. The lowest BCUT2D eigenvalue weighted by Crippen LogP contribution is -2.51. The maximum Gasteiger partial charge on any atom is 0.264 e. The van der Waals surface area contributed by atoms with Gasteiger partial charge in [-0.2, -0.15) is 0 Å². The SMILES string of the molecule is CCOc1ccc(N(CC(=O)N(Cc2ccc(F)cc2)[C@@H](CC)C(=O)NC)S(=O)(=O)c2ccc(Br)cc2)cc1. The van der Waals surface area contributed by atoms with Gasteiger partial charge in [-0.1, -0.05) is 35.0 Å². The summed E-state index contributed by atoms with van der Waals surface area (Å²) in [5.41, 5.74) is 0.847. The zero-order valence-corrected chi connectivity index (χ0v) is 24.3. The van der Waals surface area contributed by atoms with E-state index in [9.17, 15) is 22.4 Å². The lowest BCUT2D eigenvalue weighted by molar-refractivity contribution is -0.140. The van der Waals surface area contributed by atoms with E-state index in [4.69, 9.17) is 4.74 Å². The molecule has 0 saturated carbocycles. The number of benzene rings is 3. The smallest absolute Gasteiger partial charge is 0.264 e. The third-order valence-corrected chi connectivity index (χ3v) is 8.33. The van der Waals surface area contributed by atoms with Crippen molar-refractivity contribution in [2.75, 3.05) is 24.5 Å². The molecule has 0 unspecified atom stereocenters. The van der Waals surface area contributed by atoms with E-state index in [-0.39, 0.29) is 23.5 Å². The number of rotatable bonds is 12. The Labute approximate surface area is 236 Å². The highest BCUT2D eigenvalue weighted by atomic mass is 79.9. The van der Waals surface area contributed by atoms with Crippen LogP contribution < -0.4 is 14.4 Å². The van der Waals surface area contributed by atoms with E-state index >= 15 is 0 Å². The number of halogens is 2. The average molecular weight is 621 g/mol. The molecule has 3 aromatic rings. The third-order valence-electron chi connectivity index (χ3n) is 6.01. The molecule has 0 saturated heterocycles. The Bertz CT molecular complexity index is 1370. The van der Waals surface area contributed by atoms with Crippen molar-refractivity contribution in [3.63, 3.8) is 0 Å². The molecule has 3 aromatic carbocycles. The monoisotopic (exact) mass is 619 g/mol. The molecule has 0 aliphatic heterocycles. The fourth-order valence-corrected chi connectivity index (χ4v) is 5.69. The fraction of sp³-hybridized carbons (Fsp3) is 0.286. The Hall–Kier alpha value is -3.44. The number of hydrogen-bond donors (Lipinski definition) is 1. The van der Waals surface area contributed by atoms with Crippen molar-refractivity contribution in [2.24, 2.45) is 0 Å². The Morgan fingerprint density at radius 3 is 2.13 bits per heavy atom. The second-order valence-electron chi connectivity index (χ2n) is 8.58. The molecule has 0 bridgehead atoms. The van der Waals surface area contributed by atoms with Crippen molar-refractivity contribution in [1.82, 2.24) is 10.2 Å². The Morgan fingerprint density at radius 2 is 1.59 bits per heavy atom. The summed E-state index contributed by atoms with van der Waals surface area (Å²) >= 11 is 3.31. The molecule has 0 heterocycles. The van der Waals surface area contributed by atoms with Gasteiger partial charge in [0.1, 0.15) is 24.2 Å². The first kappa shape index (κ1) is 30.1. The van der Waals surface area contributed by atoms with Crippen molar-refractivity contribution in [2.45, 2.75) is 37.8 Å². The normalized spacial score (nSPS) is 11.9. The minimum absolute atomic E-state index is 0.00388. The minimum Gasteiger partial charge on any atom is -0.494 e. The van der Waals surface area contributed by atoms with Crippen molar-refractivity contribution in [3.8, 4) is 5.75 Å². The van der Waals surface area contributed by atoms with E-state index < -0.39 is 40.2 Å². The maximum absolute atomic E-state index is 13.9.